The summed E-state index contributed by atoms with van der Waals surface area (Å²) >= 11 is 0. The lowest BCUT2D eigenvalue weighted by Crippen LogP contribution is -2.28. The van der Waals surface area contributed by atoms with Gasteiger partial charge in [0.1, 0.15) is 0 Å². The van der Waals surface area contributed by atoms with Crippen LogP contribution in [0.1, 0.15) is 31.9 Å². The minimum absolute atomic E-state index is 0.320. The Morgan fingerprint density at radius 3 is 2.67 bits per heavy atom. The summed E-state index contributed by atoms with van der Waals surface area (Å²) < 4.78 is 10.7. The first-order valence-corrected chi connectivity index (χ1v) is 7.85. The summed E-state index contributed by atoms with van der Waals surface area (Å²) in [7, 11) is 3.34. The Labute approximate surface area is 128 Å². The van der Waals surface area contributed by atoms with E-state index in [1.807, 2.05) is 6.07 Å². The lowest BCUT2D eigenvalue weighted by atomic mass is 10.1. The molecule has 1 heterocycles. The van der Waals surface area contributed by atoms with Gasteiger partial charge in [0.2, 0.25) is 0 Å². The molecule has 0 radical (unpaired) electrons. The van der Waals surface area contributed by atoms with Gasteiger partial charge >= 0.3 is 0 Å². The summed E-state index contributed by atoms with van der Waals surface area (Å²) in [6.45, 7) is 9.15. The minimum Gasteiger partial charge on any atom is -0.493 e. The molecule has 1 aromatic rings. The lowest BCUT2D eigenvalue weighted by Gasteiger charge is -2.19. The molecule has 2 unspecified atom stereocenters. The van der Waals surface area contributed by atoms with Crippen molar-refractivity contribution in [2.24, 2.45) is 5.92 Å². The summed E-state index contributed by atoms with van der Waals surface area (Å²) in [5.41, 5.74) is 1.23. The van der Waals surface area contributed by atoms with Gasteiger partial charge in [0.15, 0.2) is 11.5 Å². The van der Waals surface area contributed by atoms with E-state index in [-0.39, 0.29) is 0 Å². The first-order valence-electron chi connectivity index (χ1n) is 7.85. The van der Waals surface area contributed by atoms with E-state index < -0.39 is 0 Å². The highest BCUT2D eigenvalue weighted by Gasteiger charge is 2.21. The van der Waals surface area contributed by atoms with Gasteiger partial charge in [0.05, 0.1) is 14.2 Å². The van der Waals surface area contributed by atoms with Gasteiger partial charge in [-0.2, -0.15) is 0 Å². The van der Waals surface area contributed by atoms with E-state index in [0.29, 0.717) is 6.04 Å². The van der Waals surface area contributed by atoms with Crippen LogP contribution in [0.25, 0.3) is 0 Å². The van der Waals surface area contributed by atoms with Crippen LogP contribution in [0.2, 0.25) is 0 Å². The second-order valence-electron chi connectivity index (χ2n) is 5.79. The van der Waals surface area contributed by atoms with Crippen LogP contribution in [-0.4, -0.2) is 45.3 Å². The zero-order chi connectivity index (χ0) is 15.2. The van der Waals surface area contributed by atoms with E-state index in [9.17, 15) is 0 Å². The number of hydrogen-bond acceptors (Lipinski definition) is 4. The van der Waals surface area contributed by atoms with Crippen molar-refractivity contribution in [3.8, 4) is 11.5 Å². The number of methoxy groups -OCH3 is 2. The van der Waals surface area contributed by atoms with Gasteiger partial charge in [-0.3, -0.25) is 0 Å². The maximum atomic E-state index is 5.37. The molecule has 0 aliphatic carbocycles. The minimum atomic E-state index is 0.320. The molecule has 1 aliphatic rings. The maximum Gasteiger partial charge on any atom is 0.161 e. The second-order valence-corrected chi connectivity index (χ2v) is 5.79. The number of hydrogen-bond donors (Lipinski definition) is 1. The van der Waals surface area contributed by atoms with Crippen molar-refractivity contribution < 1.29 is 9.47 Å². The molecule has 1 aromatic carbocycles. The quantitative estimate of drug-likeness (QED) is 0.838. The Balaban J connectivity index is 1.90. The summed E-state index contributed by atoms with van der Waals surface area (Å²) in [4.78, 5) is 2.52. The van der Waals surface area contributed by atoms with Crippen molar-refractivity contribution in [1.29, 1.82) is 0 Å². The fraction of sp³-hybridized carbons (Fsp3) is 0.647. The van der Waals surface area contributed by atoms with E-state index in [1.54, 1.807) is 14.2 Å². The van der Waals surface area contributed by atoms with Crippen LogP contribution >= 0.6 is 0 Å². The SMILES string of the molecule is CCN1CCC(CNC(C)c2ccc(OC)c(OC)c2)C1. The Kier molecular flexibility index (Phi) is 5.88. The number of nitrogens with zero attached hydrogens (tertiary/aromatic N) is 1. The maximum absolute atomic E-state index is 5.37. The molecule has 1 fully saturated rings. The third kappa shape index (κ3) is 4.11. The number of benzene rings is 1. The molecule has 2 rings (SSSR count). The van der Waals surface area contributed by atoms with Crippen molar-refractivity contribution in [3.05, 3.63) is 23.8 Å². The summed E-state index contributed by atoms with van der Waals surface area (Å²) in [6, 6.07) is 6.46. The van der Waals surface area contributed by atoms with Crippen LogP contribution in [-0.2, 0) is 0 Å². The van der Waals surface area contributed by atoms with Crippen molar-refractivity contribution >= 4 is 0 Å². The van der Waals surface area contributed by atoms with Crippen LogP contribution in [0.5, 0.6) is 11.5 Å². The van der Waals surface area contributed by atoms with Gasteiger partial charge in [-0.15, -0.1) is 0 Å². The molecule has 0 spiro atoms. The van der Waals surface area contributed by atoms with Gasteiger partial charge in [0, 0.05) is 12.6 Å². The molecule has 4 nitrogen and oxygen atoms in total. The fourth-order valence-electron chi connectivity index (χ4n) is 2.95. The average Bonchev–Trinajstić information content (AvgIpc) is 2.99. The Bertz CT molecular complexity index is 450. The van der Waals surface area contributed by atoms with Crippen LogP contribution in [0.15, 0.2) is 18.2 Å². The van der Waals surface area contributed by atoms with Gasteiger partial charge < -0.3 is 19.7 Å². The van der Waals surface area contributed by atoms with Crippen molar-refractivity contribution in [1.82, 2.24) is 10.2 Å². The van der Waals surface area contributed by atoms with Crippen LogP contribution in [0.3, 0.4) is 0 Å². The molecule has 118 valence electrons. The Morgan fingerprint density at radius 1 is 1.29 bits per heavy atom. The standard InChI is InChI=1S/C17H28N2O2/c1-5-19-9-8-14(12-19)11-18-13(2)15-6-7-16(20-3)17(10-15)21-4/h6-7,10,13-14,18H,5,8-9,11-12H2,1-4H3. The predicted octanol–water partition coefficient (Wildman–Crippen LogP) is 2.70. The van der Waals surface area contributed by atoms with Crippen LogP contribution < -0.4 is 14.8 Å². The molecular formula is C17H28N2O2. The smallest absolute Gasteiger partial charge is 0.161 e. The largest absolute Gasteiger partial charge is 0.493 e. The second kappa shape index (κ2) is 7.66. The third-order valence-electron chi connectivity index (χ3n) is 4.44. The third-order valence-corrected chi connectivity index (χ3v) is 4.44. The molecule has 0 aromatic heterocycles. The molecule has 2 atom stereocenters. The van der Waals surface area contributed by atoms with E-state index >= 15 is 0 Å². The zero-order valence-corrected chi connectivity index (χ0v) is 13.7. The molecule has 0 bridgehead atoms. The number of ether oxygens (including phenoxy) is 2. The first kappa shape index (κ1) is 16.1. The zero-order valence-electron chi connectivity index (χ0n) is 13.7. The topological polar surface area (TPSA) is 33.7 Å². The number of rotatable bonds is 7. The predicted molar refractivity (Wildman–Crippen MR) is 86.2 cm³/mol. The molecule has 0 amide bonds. The van der Waals surface area contributed by atoms with E-state index in [2.05, 4.69) is 36.2 Å². The normalized spacial score (nSPS) is 20.5. The molecule has 1 saturated heterocycles. The van der Waals surface area contributed by atoms with E-state index in [4.69, 9.17) is 9.47 Å². The highest BCUT2D eigenvalue weighted by Crippen LogP contribution is 2.30. The summed E-state index contributed by atoms with van der Waals surface area (Å²) in [5, 5.41) is 3.65. The average molecular weight is 292 g/mol. The molecule has 1 N–H and O–H groups in total. The molecule has 21 heavy (non-hydrogen) atoms. The van der Waals surface area contributed by atoms with Gasteiger partial charge in [-0.05, 0) is 56.6 Å². The Morgan fingerprint density at radius 2 is 2.05 bits per heavy atom. The van der Waals surface area contributed by atoms with Gasteiger partial charge in [0.25, 0.3) is 0 Å². The number of likely N-dealkylation sites (tertiary alicyclic amines) is 1. The molecular weight excluding hydrogens is 264 g/mol. The first-order chi connectivity index (χ1) is 10.2. The van der Waals surface area contributed by atoms with E-state index in [0.717, 1.165) is 24.0 Å². The van der Waals surface area contributed by atoms with Crippen LogP contribution in [0.4, 0.5) is 0 Å². The highest BCUT2D eigenvalue weighted by molar-refractivity contribution is 5.43. The van der Waals surface area contributed by atoms with Crippen molar-refractivity contribution in [2.75, 3.05) is 40.4 Å². The monoisotopic (exact) mass is 292 g/mol. The molecule has 4 heteroatoms. The van der Waals surface area contributed by atoms with Crippen molar-refractivity contribution in [3.63, 3.8) is 0 Å². The molecule has 0 saturated carbocycles. The van der Waals surface area contributed by atoms with Crippen molar-refractivity contribution in [2.45, 2.75) is 26.3 Å². The lowest BCUT2D eigenvalue weighted by molar-refractivity contribution is 0.335. The Hall–Kier alpha value is -1.26. The van der Waals surface area contributed by atoms with Gasteiger partial charge in [-0.1, -0.05) is 13.0 Å². The fourth-order valence-corrected chi connectivity index (χ4v) is 2.95. The van der Waals surface area contributed by atoms with Crippen LogP contribution in [0, 0.1) is 5.92 Å². The van der Waals surface area contributed by atoms with Gasteiger partial charge in [-0.25, -0.2) is 0 Å². The van der Waals surface area contributed by atoms with E-state index in [1.165, 1.54) is 31.6 Å². The summed E-state index contributed by atoms with van der Waals surface area (Å²) in [5.74, 6) is 2.34. The number of nitrogens with one attached hydrogen (secondary N) is 1. The molecule has 1 aliphatic heterocycles. The highest BCUT2D eigenvalue weighted by atomic mass is 16.5. The summed E-state index contributed by atoms with van der Waals surface area (Å²) in [6.07, 6.45) is 1.31.